The Morgan fingerprint density at radius 2 is 1.94 bits per heavy atom. The van der Waals surface area contributed by atoms with Gasteiger partial charge in [0.05, 0.1) is 12.2 Å². The molecule has 3 saturated carbocycles. The van der Waals surface area contributed by atoms with Crippen molar-refractivity contribution in [3.63, 3.8) is 0 Å². The van der Waals surface area contributed by atoms with Crippen LogP contribution in [-0.4, -0.2) is 31.2 Å². The summed E-state index contributed by atoms with van der Waals surface area (Å²) in [4.78, 5) is 33.6. The first-order valence-corrected chi connectivity index (χ1v) is 11.0. The van der Waals surface area contributed by atoms with E-state index < -0.39 is 5.91 Å². The van der Waals surface area contributed by atoms with E-state index in [0.29, 0.717) is 11.1 Å². The minimum Gasteiger partial charge on any atom is -0.345 e. The summed E-state index contributed by atoms with van der Waals surface area (Å²) in [5, 5.41) is 6.42. The molecule has 0 atom stereocenters. The summed E-state index contributed by atoms with van der Waals surface area (Å²) in [6.45, 7) is 2.21. The Balaban J connectivity index is 1.10. The Hall–Kier alpha value is -3.52. The lowest BCUT2D eigenvalue weighted by Crippen LogP contribution is -2.56. The van der Waals surface area contributed by atoms with Crippen molar-refractivity contribution >= 4 is 17.2 Å². The first-order chi connectivity index (χ1) is 15.6. The first kappa shape index (κ1) is 19.2. The van der Waals surface area contributed by atoms with Gasteiger partial charge in [0.1, 0.15) is 17.0 Å². The van der Waals surface area contributed by atoms with E-state index in [4.69, 9.17) is 0 Å². The second-order valence-corrected chi connectivity index (χ2v) is 9.21. The number of rotatable bonds is 7. The number of fused-ring (bicyclic) bond motifs is 2. The van der Waals surface area contributed by atoms with E-state index in [2.05, 4.69) is 32.9 Å². The summed E-state index contributed by atoms with van der Waals surface area (Å²) in [6.07, 6.45) is 9.83. The number of imidazole rings is 1. The van der Waals surface area contributed by atoms with Gasteiger partial charge in [-0.15, -0.1) is 0 Å². The molecule has 3 aliphatic rings. The van der Waals surface area contributed by atoms with Gasteiger partial charge >= 0.3 is 0 Å². The molecule has 2 bridgehead atoms. The number of amides is 1. The number of hydrogen-bond donors (Lipinski definition) is 2. The number of hydrogen-bond acceptors (Lipinski definition) is 5. The summed E-state index contributed by atoms with van der Waals surface area (Å²) in [7, 11) is 0. The van der Waals surface area contributed by atoms with Crippen molar-refractivity contribution in [2.24, 2.45) is 11.3 Å². The van der Waals surface area contributed by atoms with E-state index in [0.717, 1.165) is 30.3 Å². The molecule has 4 aromatic heterocycles. The molecule has 0 radical (unpaired) electrons. The first-order valence-electron chi connectivity index (χ1n) is 11.0. The molecule has 4 aromatic rings. The zero-order valence-electron chi connectivity index (χ0n) is 17.6. The quantitative estimate of drug-likeness (QED) is 0.471. The highest BCUT2D eigenvalue weighted by Crippen LogP contribution is 2.63. The van der Waals surface area contributed by atoms with E-state index >= 15 is 0 Å². The van der Waals surface area contributed by atoms with Gasteiger partial charge in [0, 0.05) is 37.7 Å². The third-order valence-corrected chi connectivity index (χ3v) is 6.79. The van der Waals surface area contributed by atoms with Crippen molar-refractivity contribution in [2.75, 3.05) is 6.54 Å². The van der Waals surface area contributed by atoms with Gasteiger partial charge in [-0.25, -0.2) is 9.97 Å². The number of carbonyl (C=O) groups is 1. The minimum atomic E-state index is -0.399. The average molecular weight is 428 g/mol. The SMILES string of the molecule is O=C(NCc1cn2cc(CNCC34CC(C3)C4)ccc2n1)c1cc(=O)n2ccccc2n1. The normalized spacial score (nSPS) is 21.3. The van der Waals surface area contributed by atoms with Crippen molar-refractivity contribution in [3.8, 4) is 0 Å². The topological polar surface area (TPSA) is 92.8 Å². The number of carbonyl (C=O) groups excluding carboxylic acids is 1. The Labute approximate surface area is 184 Å². The van der Waals surface area contributed by atoms with Crippen LogP contribution in [0, 0.1) is 11.3 Å². The van der Waals surface area contributed by atoms with Gasteiger partial charge < -0.3 is 15.0 Å². The third-order valence-electron chi connectivity index (χ3n) is 6.79. The Kier molecular flexibility index (Phi) is 4.36. The maximum absolute atomic E-state index is 12.6. The summed E-state index contributed by atoms with van der Waals surface area (Å²) >= 11 is 0. The Morgan fingerprint density at radius 1 is 1.06 bits per heavy atom. The maximum Gasteiger partial charge on any atom is 0.270 e. The van der Waals surface area contributed by atoms with Crippen molar-refractivity contribution in [2.45, 2.75) is 32.4 Å². The summed E-state index contributed by atoms with van der Waals surface area (Å²) in [5.74, 6) is 0.611. The number of nitrogens with one attached hydrogen (secondary N) is 2. The van der Waals surface area contributed by atoms with Crippen molar-refractivity contribution in [3.05, 3.63) is 82.3 Å². The minimum absolute atomic E-state index is 0.0991. The highest BCUT2D eigenvalue weighted by molar-refractivity contribution is 5.92. The Bertz CT molecular complexity index is 1390. The summed E-state index contributed by atoms with van der Waals surface area (Å²) in [6, 6.07) is 10.6. The van der Waals surface area contributed by atoms with Gasteiger partial charge in [-0.05, 0) is 54.4 Å². The van der Waals surface area contributed by atoms with E-state index in [-0.39, 0.29) is 17.8 Å². The van der Waals surface area contributed by atoms with Crippen LogP contribution in [0.4, 0.5) is 0 Å². The van der Waals surface area contributed by atoms with Crippen LogP contribution in [0.25, 0.3) is 11.3 Å². The predicted octanol–water partition coefficient (Wildman–Crippen LogP) is 2.16. The summed E-state index contributed by atoms with van der Waals surface area (Å²) < 4.78 is 3.39. The molecule has 3 aliphatic carbocycles. The van der Waals surface area contributed by atoms with Crippen LogP contribution in [0.3, 0.4) is 0 Å². The zero-order valence-corrected chi connectivity index (χ0v) is 17.6. The van der Waals surface area contributed by atoms with Gasteiger partial charge in [-0.1, -0.05) is 12.1 Å². The second-order valence-electron chi connectivity index (χ2n) is 9.21. The van der Waals surface area contributed by atoms with Crippen LogP contribution in [0.5, 0.6) is 0 Å². The van der Waals surface area contributed by atoms with Crippen molar-refractivity contribution in [1.82, 2.24) is 29.4 Å². The Morgan fingerprint density at radius 3 is 2.75 bits per heavy atom. The summed E-state index contributed by atoms with van der Waals surface area (Å²) in [5.41, 5.74) is 3.63. The molecule has 8 heteroatoms. The van der Waals surface area contributed by atoms with Gasteiger partial charge in [0.15, 0.2) is 0 Å². The average Bonchev–Trinajstić information content (AvgIpc) is 3.15. The molecule has 0 unspecified atom stereocenters. The lowest BCUT2D eigenvalue weighted by atomic mass is 9.44. The predicted molar refractivity (Wildman–Crippen MR) is 119 cm³/mol. The van der Waals surface area contributed by atoms with E-state index in [1.165, 1.54) is 35.3 Å². The van der Waals surface area contributed by atoms with Gasteiger partial charge in [0.25, 0.3) is 11.5 Å². The molecule has 1 amide bonds. The molecule has 8 nitrogen and oxygen atoms in total. The molecule has 162 valence electrons. The fourth-order valence-corrected chi connectivity index (χ4v) is 5.06. The highest BCUT2D eigenvalue weighted by Gasteiger charge is 2.55. The van der Waals surface area contributed by atoms with Gasteiger partial charge in [-0.3, -0.25) is 14.0 Å². The maximum atomic E-state index is 12.6. The van der Waals surface area contributed by atoms with E-state index in [1.54, 1.807) is 24.4 Å². The molecule has 2 N–H and O–H groups in total. The fourth-order valence-electron chi connectivity index (χ4n) is 5.06. The lowest BCUT2D eigenvalue weighted by Gasteiger charge is -2.62. The van der Waals surface area contributed by atoms with Crippen LogP contribution in [0.1, 0.15) is 41.0 Å². The lowest BCUT2D eigenvalue weighted by molar-refractivity contribution is -0.103. The molecule has 32 heavy (non-hydrogen) atoms. The molecular formula is C24H24N6O2. The smallest absolute Gasteiger partial charge is 0.270 e. The molecular weight excluding hydrogens is 404 g/mol. The van der Waals surface area contributed by atoms with Crippen LogP contribution in [-0.2, 0) is 13.1 Å². The number of nitrogens with zero attached hydrogens (tertiary/aromatic N) is 4. The van der Waals surface area contributed by atoms with Crippen molar-refractivity contribution in [1.29, 1.82) is 0 Å². The van der Waals surface area contributed by atoms with Gasteiger partial charge in [0.2, 0.25) is 0 Å². The molecule has 4 heterocycles. The molecule has 0 saturated heterocycles. The zero-order chi connectivity index (χ0) is 21.7. The molecule has 0 aliphatic heterocycles. The second kappa shape index (κ2) is 7.27. The standard InChI is InChI=1S/C24H24N6O2/c31-22-7-19(28-21-3-1-2-6-30(21)22)23(32)26-12-18-14-29-13-16(4-5-20(29)27-18)11-25-15-24-8-17(9-24)10-24/h1-7,13-14,17,25H,8-12,15H2,(H,26,32). The molecule has 0 spiro atoms. The van der Waals surface area contributed by atoms with Crippen LogP contribution in [0.15, 0.2) is 59.8 Å². The van der Waals surface area contributed by atoms with Crippen LogP contribution < -0.4 is 16.2 Å². The fraction of sp³-hybridized carbons (Fsp3) is 0.333. The largest absolute Gasteiger partial charge is 0.345 e. The molecule has 7 rings (SSSR count). The van der Waals surface area contributed by atoms with E-state index in [9.17, 15) is 9.59 Å². The monoisotopic (exact) mass is 428 g/mol. The van der Waals surface area contributed by atoms with E-state index in [1.807, 2.05) is 16.7 Å². The number of aromatic nitrogens is 4. The third kappa shape index (κ3) is 3.36. The van der Waals surface area contributed by atoms with Crippen LogP contribution in [0.2, 0.25) is 0 Å². The van der Waals surface area contributed by atoms with Gasteiger partial charge in [-0.2, -0.15) is 0 Å². The highest BCUT2D eigenvalue weighted by atomic mass is 16.2. The molecule has 0 aromatic carbocycles. The van der Waals surface area contributed by atoms with Crippen LogP contribution >= 0.6 is 0 Å². The molecule has 3 fully saturated rings. The van der Waals surface area contributed by atoms with Crippen molar-refractivity contribution < 1.29 is 4.79 Å². The number of pyridine rings is 2.